The molecule has 0 spiro atoms. The predicted molar refractivity (Wildman–Crippen MR) is 96.7 cm³/mol. The number of ether oxygens (including phenoxy) is 1. The van der Waals surface area contributed by atoms with Gasteiger partial charge in [-0.3, -0.25) is 9.59 Å². The Morgan fingerprint density at radius 3 is 2.56 bits per heavy atom. The smallest absolute Gasteiger partial charge is 0.330 e. The van der Waals surface area contributed by atoms with Crippen LogP contribution in [0, 0.1) is 20.8 Å². The number of hydrogen-bond donors (Lipinski definition) is 0. The van der Waals surface area contributed by atoms with Crippen molar-refractivity contribution in [2.45, 2.75) is 51.4 Å². The van der Waals surface area contributed by atoms with Crippen molar-refractivity contribution < 1.29 is 19.1 Å². The molecule has 0 radical (unpaired) electrons. The minimum absolute atomic E-state index is 0.00833. The molecule has 0 aliphatic carbocycles. The van der Waals surface area contributed by atoms with Gasteiger partial charge in [0.05, 0.1) is 4.87 Å². The summed E-state index contributed by atoms with van der Waals surface area (Å²) < 4.78 is 5.29. The zero-order valence-corrected chi connectivity index (χ0v) is 15.9. The number of hydrogen-bond acceptors (Lipinski definition) is 5. The summed E-state index contributed by atoms with van der Waals surface area (Å²) in [6.07, 6.45) is 1.22. The number of esters is 1. The highest BCUT2D eigenvalue weighted by Crippen LogP contribution is 2.47. The summed E-state index contributed by atoms with van der Waals surface area (Å²) in [6, 6.07) is 3.31. The second kappa shape index (κ2) is 6.48. The second-order valence-electron chi connectivity index (χ2n) is 7.07. The second-order valence-corrected chi connectivity index (χ2v) is 8.57. The molecule has 6 heteroatoms. The van der Waals surface area contributed by atoms with Gasteiger partial charge in [0.1, 0.15) is 6.04 Å². The van der Waals surface area contributed by atoms with Crippen LogP contribution in [-0.2, 0) is 14.3 Å². The molecule has 1 aromatic rings. The lowest BCUT2D eigenvalue weighted by molar-refractivity contribution is -0.152. The van der Waals surface area contributed by atoms with Crippen LogP contribution in [0.3, 0.4) is 0 Å². The van der Waals surface area contributed by atoms with E-state index in [0.717, 1.165) is 23.1 Å². The molecule has 0 aromatic heterocycles. The van der Waals surface area contributed by atoms with Gasteiger partial charge in [-0.05, 0) is 45.2 Å². The van der Waals surface area contributed by atoms with Crippen LogP contribution in [-0.4, -0.2) is 45.8 Å². The molecule has 25 heavy (non-hydrogen) atoms. The van der Waals surface area contributed by atoms with E-state index in [9.17, 15) is 14.4 Å². The number of fused-ring (bicyclic) bond motifs is 1. The third-order valence-corrected chi connectivity index (χ3v) is 6.52. The largest absolute Gasteiger partial charge is 0.456 e. The van der Waals surface area contributed by atoms with Gasteiger partial charge >= 0.3 is 5.97 Å². The molecule has 0 bridgehead atoms. The molecule has 5 nitrogen and oxygen atoms in total. The van der Waals surface area contributed by atoms with Crippen molar-refractivity contribution in [1.82, 2.24) is 4.90 Å². The van der Waals surface area contributed by atoms with E-state index < -0.39 is 12.0 Å². The Bertz CT molecular complexity index is 737. The van der Waals surface area contributed by atoms with Crippen LogP contribution < -0.4 is 0 Å². The third-order valence-electron chi connectivity index (χ3n) is 5.02. The van der Waals surface area contributed by atoms with E-state index in [1.165, 1.54) is 0 Å². The SMILES string of the molecule is Cc1cc(C)c(C(=O)COC(=O)C2CSC3(C)CCC(=O)N23)c(C)c1. The highest BCUT2D eigenvalue weighted by atomic mass is 32.2. The van der Waals surface area contributed by atoms with Crippen molar-refractivity contribution in [3.63, 3.8) is 0 Å². The van der Waals surface area contributed by atoms with Gasteiger partial charge in [0, 0.05) is 17.7 Å². The fourth-order valence-corrected chi connectivity index (χ4v) is 5.34. The molecule has 2 fully saturated rings. The fraction of sp³-hybridized carbons (Fsp3) is 0.526. The molecular formula is C19H23NO4S. The summed E-state index contributed by atoms with van der Waals surface area (Å²) in [6.45, 7) is 7.45. The van der Waals surface area contributed by atoms with Gasteiger partial charge in [-0.2, -0.15) is 0 Å². The highest BCUT2D eigenvalue weighted by molar-refractivity contribution is 8.01. The van der Waals surface area contributed by atoms with Crippen LogP contribution in [0.1, 0.15) is 46.8 Å². The van der Waals surface area contributed by atoms with Gasteiger partial charge < -0.3 is 9.64 Å². The predicted octanol–water partition coefficient (Wildman–Crippen LogP) is 2.79. The number of nitrogens with zero attached hydrogens (tertiary/aromatic N) is 1. The molecule has 1 aromatic carbocycles. The lowest BCUT2D eigenvalue weighted by Crippen LogP contribution is -2.46. The van der Waals surface area contributed by atoms with Crippen LogP contribution >= 0.6 is 11.8 Å². The maximum atomic E-state index is 12.5. The van der Waals surface area contributed by atoms with Crippen molar-refractivity contribution in [3.05, 3.63) is 34.4 Å². The molecule has 2 unspecified atom stereocenters. The Morgan fingerprint density at radius 2 is 1.92 bits per heavy atom. The number of carbonyl (C=O) groups excluding carboxylic acids is 3. The van der Waals surface area contributed by atoms with Crippen LogP contribution in [0.25, 0.3) is 0 Å². The maximum Gasteiger partial charge on any atom is 0.330 e. The summed E-state index contributed by atoms with van der Waals surface area (Å²) in [5, 5.41) is 0. The van der Waals surface area contributed by atoms with E-state index in [4.69, 9.17) is 4.74 Å². The molecule has 0 N–H and O–H groups in total. The third kappa shape index (κ3) is 3.19. The van der Waals surface area contributed by atoms with E-state index in [2.05, 4.69) is 0 Å². The van der Waals surface area contributed by atoms with Gasteiger partial charge in [0.15, 0.2) is 6.61 Å². The van der Waals surface area contributed by atoms with Crippen molar-refractivity contribution >= 4 is 29.4 Å². The van der Waals surface area contributed by atoms with Crippen molar-refractivity contribution in [1.29, 1.82) is 0 Å². The molecular weight excluding hydrogens is 338 g/mol. The van der Waals surface area contributed by atoms with Gasteiger partial charge in [-0.15, -0.1) is 11.8 Å². The van der Waals surface area contributed by atoms with Crippen molar-refractivity contribution in [2.24, 2.45) is 0 Å². The van der Waals surface area contributed by atoms with Gasteiger partial charge in [0.2, 0.25) is 11.7 Å². The lowest BCUT2D eigenvalue weighted by atomic mass is 9.97. The van der Waals surface area contributed by atoms with Gasteiger partial charge in [-0.1, -0.05) is 17.7 Å². The summed E-state index contributed by atoms with van der Waals surface area (Å²) in [5.74, 6) is -0.171. The highest BCUT2D eigenvalue weighted by Gasteiger charge is 2.53. The number of aryl methyl sites for hydroxylation is 3. The van der Waals surface area contributed by atoms with Gasteiger partial charge in [0.25, 0.3) is 0 Å². The first-order valence-corrected chi connectivity index (χ1v) is 9.45. The van der Waals surface area contributed by atoms with E-state index >= 15 is 0 Å². The molecule has 134 valence electrons. The van der Waals surface area contributed by atoms with Crippen LogP contribution in [0.15, 0.2) is 12.1 Å². The standard InChI is InChI=1S/C19H23NO4S/c1-11-7-12(2)17(13(3)8-11)15(21)9-24-18(23)14-10-25-19(4)6-5-16(22)20(14)19/h7-8,14H,5-6,9-10H2,1-4H3. The minimum Gasteiger partial charge on any atom is -0.456 e. The van der Waals surface area contributed by atoms with Gasteiger partial charge in [-0.25, -0.2) is 4.79 Å². The summed E-state index contributed by atoms with van der Waals surface area (Å²) >= 11 is 1.61. The first-order valence-electron chi connectivity index (χ1n) is 8.47. The molecule has 2 saturated heterocycles. The monoisotopic (exact) mass is 361 g/mol. The van der Waals surface area contributed by atoms with Crippen LogP contribution in [0.2, 0.25) is 0 Å². The van der Waals surface area contributed by atoms with Crippen molar-refractivity contribution in [2.75, 3.05) is 12.4 Å². The molecule has 1 amide bonds. The molecule has 2 heterocycles. The lowest BCUT2D eigenvalue weighted by Gasteiger charge is -2.29. The number of thioether (sulfide) groups is 1. The molecule has 3 rings (SSSR count). The minimum atomic E-state index is -0.585. The summed E-state index contributed by atoms with van der Waals surface area (Å²) in [4.78, 5) is 38.4. The molecule has 0 saturated carbocycles. The Kier molecular flexibility index (Phi) is 4.66. The average molecular weight is 361 g/mol. The normalized spacial score (nSPS) is 25.2. The fourth-order valence-electron chi connectivity index (χ4n) is 3.92. The zero-order valence-electron chi connectivity index (χ0n) is 15.0. The number of benzene rings is 1. The Morgan fingerprint density at radius 1 is 1.28 bits per heavy atom. The number of amides is 1. The Labute approximate surface area is 152 Å². The molecule has 2 atom stereocenters. The van der Waals surface area contributed by atoms with E-state index in [0.29, 0.717) is 17.7 Å². The topological polar surface area (TPSA) is 63.7 Å². The van der Waals surface area contributed by atoms with Crippen molar-refractivity contribution in [3.8, 4) is 0 Å². The molecule has 2 aliphatic heterocycles. The average Bonchev–Trinajstić information content (AvgIpc) is 3.00. The Balaban J connectivity index is 1.67. The van der Waals surface area contributed by atoms with E-state index in [-0.39, 0.29) is 23.2 Å². The first-order chi connectivity index (χ1) is 11.7. The number of ketones is 1. The number of Topliss-reactive ketones (excluding diaryl/α,β-unsaturated/α-hetero) is 1. The quantitative estimate of drug-likeness (QED) is 0.609. The first kappa shape index (κ1) is 18.0. The number of rotatable bonds is 4. The summed E-state index contributed by atoms with van der Waals surface area (Å²) in [7, 11) is 0. The Hall–Kier alpha value is -1.82. The maximum absolute atomic E-state index is 12.5. The zero-order chi connectivity index (χ0) is 18.4. The van der Waals surface area contributed by atoms with E-state index in [1.807, 2.05) is 39.8 Å². The summed E-state index contributed by atoms with van der Waals surface area (Å²) in [5.41, 5.74) is 3.48. The van der Waals surface area contributed by atoms with E-state index in [1.54, 1.807) is 16.7 Å². The van der Waals surface area contributed by atoms with Crippen LogP contribution in [0.4, 0.5) is 0 Å². The molecule has 2 aliphatic rings. The number of carbonyl (C=O) groups is 3. The van der Waals surface area contributed by atoms with Crippen LogP contribution in [0.5, 0.6) is 0 Å².